The van der Waals surface area contributed by atoms with Crippen LogP contribution in [0.5, 0.6) is 0 Å². The molecular formula is C26H36O7. The first kappa shape index (κ1) is 23.2. The number of aliphatic hydroxyl groups excluding tert-OH is 3. The zero-order valence-electron chi connectivity index (χ0n) is 19.6. The van der Waals surface area contributed by atoms with E-state index in [0.717, 1.165) is 30.6 Å². The lowest BCUT2D eigenvalue weighted by molar-refractivity contribution is -0.272. The summed E-state index contributed by atoms with van der Waals surface area (Å²) >= 11 is 0. The van der Waals surface area contributed by atoms with Crippen molar-refractivity contribution in [2.75, 3.05) is 0 Å². The van der Waals surface area contributed by atoms with E-state index in [1.165, 1.54) is 5.57 Å². The lowest BCUT2D eigenvalue weighted by atomic mass is 9.51. The Morgan fingerprint density at radius 1 is 1.18 bits per heavy atom. The number of aryl methyl sites for hydroxylation is 1. The van der Waals surface area contributed by atoms with Gasteiger partial charge in [-0.2, -0.15) is 0 Å². The number of carbonyl (C=O) groups is 1. The molecule has 0 amide bonds. The normalized spacial score (nSPS) is 45.8. The molecule has 1 saturated heterocycles. The molecule has 5 rings (SSSR count). The van der Waals surface area contributed by atoms with Crippen LogP contribution in [0, 0.1) is 24.2 Å². The number of Topliss-reactive ketones (excluding diaryl/α,β-unsaturated/α-hetero) is 1. The van der Waals surface area contributed by atoms with Gasteiger partial charge in [0.05, 0.1) is 30.7 Å². The molecule has 10 unspecified atom stereocenters. The summed E-state index contributed by atoms with van der Waals surface area (Å²) in [6.07, 6.45) is 3.54. The summed E-state index contributed by atoms with van der Waals surface area (Å²) in [6, 6.07) is 1.93. The van der Waals surface area contributed by atoms with Crippen molar-refractivity contribution in [2.24, 2.45) is 17.3 Å². The zero-order valence-corrected chi connectivity index (χ0v) is 19.6. The highest BCUT2D eigenvalue weighted by Gasteiger charge is 2.54. The van der Waals surface area contributed by atoms with Crippen LogP contribution < -0.4 is 0 Å². The molecule has 10 atom stereocenters. The van der Waals surface area contributed by atoms with Gasteiger partial charge in [-0.25, -0.2) is 0 Å². The Hall–Kier alpha value is -1.51. The summed E-state index contributed by atoms with van der Waals surface area (Å²) in [5.41, 5.74) is 2.05. The molecule has 1 aromatic rings. The summed E-state index contributed by atoms with van der Waals surface area (Å²) in [5.74, 6) is 1.22. The van der Waals surface area contributed by atoms with Crippen LogP contribution in [0.1, 0.15) is 69.6 Å². The number of allylic oxidation sites excluding steroid dienone is 1. The molecule has 4 aliphatic rings. The van der Waals surface area contributed by atoms with Crippen molar-refractivity contribution in [1.29, 1.82) is 0 Å². The van der Waals surface area contributed by atoms with Gasteiger partial charge in [0.2, 0.25) is 0 Å². The third-order valence-corrected chi connectivity index (χ3v) is 8.89. The Bertz CT molecular complexity index is 909. The summed E-state index contributed by atoms with van der Waals surface area (Å²) in [5, 5.41) is 31.1. The monoisotopic (exact) mass is 460 g/mol. The molecule has 33 heavy (non-hydrogen) atoms. The van der Waals surface area contributed by atoms with E-state index in [1.807, 2.05) is 13.0 Å². The smallest absolute Gasteiger partial charge is 0.161 e. The number of carbonyl (C=O) groups excluding carboxylic acids is 1. The van der Waals surface area contributed by atoms with Gasteiger partial charge >= 0.3 is 0 Å². The van der Waals surface area contributed by atoms with Crippen LogP contribution in [0.2, 0.25) is 0 Å². The molecule has 0 spiro atoms. The van der Waals surface area contributed by atoms with Crippen molar-refractivity contribution < 1.29 is 34.0 Å². The van der Waals surface area contributed by atoms with Gasteiger partial charge in [-0.15, -0.1) is 0 Å². The van der Waals surface area contributed by atoms with E-state index in [2.05, 4.69) is 13.0 Å². The van der Waals surface area contributed by atoms with Crippen molar-refractivity contribution >= 4 is 5.78 Å². The highest BCUT2D eigenvalue weighted by Crippen LogP contribution is 2.58. The third-order valence-electron chi connectivity index (χ3n) is 8.89. The Labute approximate surface area is 194 Å². The molecule has 182 valence electrons. The second kappa shape index (κ2) is 8.61. The minimum absolute atomic E-state index is 0.0318. The fourth-order valence-electron chi connectivity index (χ4n) is 6.96. The van der Waals surface area contributed by atoms with Crippen LogP contribution in [-0.4, -0.2) is 57.9 Å². The Kier molecular flexibility index (Phi) is 6.07. The van der Waals surface area contributed by atoms with Gasteiger partial charge in [0, 0.05) is 23.8 Å². The number of rotatable bonds is 3. The second-order valence-corrected chi connectivity index (χ2v) is 10.8. The Morgan fingerprint density at radius 2 is 1.97 bits per heavy atom. The minimum atomic E-state index is -0.930. The number of ketones is 1. The predicted molar refractivity (Wildman–Crippen MR) is 119 cm³/mol. The topological polar surface area (TPSA) is 109 Å². The molecule has 0 radical (unpaired) electrons. The van der Waals surface area contributed by atoms with Crippen molar-refractivity contribution in [1.82, 2.24) is 0 Å². The van der Waals surface area contributed by atoms with Crippen LogP contribution in [0.15, 0.2) is 28.4 Å². The molecule has 0 aromatic carbocycles. The van der Waals surface area contributed by atoms with Gasteiger partial charge in [0.1, 0.15) is 17.6 Å². The van der Waals surface area contributed by atoms with Gasteiger partial charge < -0.3 is 29.2 Å². The minimum Gasteiger partial charge on any atom is -0.469 e. The van der Waals surface area contributed by atoms with Crippen LogP contribution >= 0.6 is 0 Å². The Balaban J connectivity index is 1.31. The molecule has 2 saturated carbocycles. The van der Waals surface area contributed by atoms with E-state index in [0.29, 0.717) is 18.6 Å². The lowest BCUT2D eigenvalue weighted by Gasteiger charge is -2.54. The number of hydrogen-bond donors (Lipinski definition) is 3. The van der Waals surface area contributed by atoms with E-state index in [-0.39, 0.29) is 29.6 Å². The second-order valence-electron chi connectivity index (χ2n) is 10.8. The molecular weight excluding hydrogens is 424 g/mol. The molecule has 3 N–H and O–H groups in total. The average molecular weight is 461 g/mol. The molecule has 3 fully saturated rings. The molecule has 0 bridgehead atoms. The first-order chi connectivity index (χ1) is 15.7. The lowest BCUT2D eigenvalue weighted by Crippen LogP contribution is -2.54. The fourth-order valence-corrected chi connectivity index (χ4v) is 6.96. The van der Waals surface area contributed by atoms with Crippen LogP contribution in [0.25, 0.3) is 0 Å². The van der Waals surface area contributed by atoms with E-state index in [1.54, 1.807) is 13.2 Å². The molecule has 1 aliphatic heterocycles. The number of fused-ring (bicyclic) bond motifs is 3. The highest BCUT2D eigenvalue weighted by atomic mass is 16.7. The third kappa shape index (κ3) is 3.92. The summed E-state index contributed by atoms with van der Waals surface area (Å²) in [7, 11) is 0. The number of aliphatic hydroxyl groups is 3. The summed E-state index contributed by atoms with van der Waals surface area (Å²) in [4.78, 5) is 13.5. The Morgan fingerprint density at radius 3 is 2.67 bits per heavy atom. The predicted octanol–water partition coefficient (Wildman–Crippen LogP) is 3.00. The molecule has 2 heterocycles. The average Bonchev–Trinajstić information content (AvgIpc) is 3.18. The number of hydrogen-bond acceptors (Lipinski definition) is 7. The van der Waals surface area contributed by atoms with Crippen molar-refractivity contribution in [3.8, 4) is 0 Å². The summed E-state index contributed by atoms with van der Waals surface area (Å²) < 4.78 is 17.3. The SMILES string of the molecule is Cc1occc1C1CCC2C(CC=C3CC(OC4CC(O)C(O)C(C)O4)C(O)CC32C)C1=O. The molecule has 3 aliphatic carbocycles. The van der Waals surface area contributed by atoms with E-state index in [9.17, 15) is 20.1 Å². The summed E-state index contributed by atoms with van der Waals surface area (Å²) in [6.45, 7) is 5.83. The van der Waals surface area contributed by atoms with E-state index >= 15 is 0 Å². The van der Waals surface area contributed by atoms with Gasteiger partial charge in [0.25, 0.3) is 0 Å². The highest BCUT2D eigenvalue weighted by molar-refractivity contribution is 5.89. The maximum absolute atomic E-state index is 13.5. The van der Waals surface area contributed by atoms with E-state index < -0.39 is 36.8 Å². The molecule has 7 nitrogen and oxygen atoms in total. The van der Waals surface area contributed by atoms with Crippen molar-refractivity contribution in [2.45, 2.75) is 102 Å². The van der Waals surface area contributed by atoms with Crippen LogP contribution in [0.3, 0.4) is 0 Å². The van der Waals surface area contributed by atoms with Gasteiger partial charge in [-0.05, 0) is 63.4 Å². The number of furan rings is 1. The van der Waals surface area contributed by atoms with Gasteiger partial charge in [-0.1, -0.05) is 18.6 Å². The van der Waals surface area contributed by atoms with E-state index in [4.69, 9.17) is 13.9 Å². The van der Waals surface area contributed by atoms with Crippen LogP contribution in [0.4, 0.5) is 0 Å². The van der Waals surface area contributed by atoms with Gasteiger partial charge in [0.15, 0.2) is 6.29 Å². The van der Waals surface area contributed by atoms with Crippen molar-refractivity contribution in [3.05, 3.63) is 35.3 Å². The maximum atomic E-state index is 13.5. The van der Waals surface area contributed by atoms with Crippen LogP contribution in [-0.2, 0) is 14.3 Å². The zero-order chi connectivity index (χ0) is 23.5. The standard InChI is InChI=1S/C26H36O7/c1-13-16(8-9-31-13)17-6-7-19-18(25(17)30)5-4-15-10-22(21(28)12-26(15,19)3)33-23-11-20(27)24(29)14(2)32-23/h4,8-9,14,17-24,27-29H,5-7,10-12H2,1-3H3. The fraction of sp³-hybridized carbons (Fsp3) is 0.731. The van der Waals surface area contributed by atoms with Crippen molar-refractivity contribution in [3.63, 3.8) is 0 Å². The first-order valence-electron chi connectivity index (χ1n) is 12.3. The maximum Gasteiger partial charge on any atom is 0.161 e. The first-order valence-corrected chi connectivity index (χ1v) is 12.3. The molecule has 1 aromatic heterocycles. The number of ether oxygens (including phenoxy) is 2. The molecule has 7 heteroatoms. The largest absolute Gasteiger partial charge is 0.469 e. The van der Waals surface area contributed by atoms with Gasteiger partial charge in [-0.3, -0.25) is 4.79 Å². The quantitative estimate of drug-likeness (QED) is 0.595.